The van der Waals surface area contributed by atoms with E-state index in [-0.39, 0.29) is 0 Å². The first-order chi connectivity index (χ1) is 11.4. The summed E-state index contributed by atoms with van der Waals surface area (Å²) >= 11 is 1.85. The summed E-state index contributed by atoms with van der Waals surface area (Å²) in [6, 6.07) is 11.9. The summed E-state index contributed by atoms with van der Waals surface area (Å²) in [5.41, 5.74) is 2.88. The topological polar surface area (TPSA) is 55.6 Å². The number of nitrogens with zero attached hydrogens (tertiary/aromatic N) is 4. The molecule has 2 aromatic heterocycles. The first-order valence-electron chi connectivity index (χ1n) is 7.53. The summed E-state index contributed by atoms with van der Waals surface area (Å²) in [5.74, 6) is 1.80. The fraction of sp³-hybridized carbons (Fsp3) is 0.235. The molecule has 0 spiro atoms. The van der Waals surface area contributed by atoms with Crippen LogP contribution in [0.3, 0.4) is 0 Å². The molecule has 0 aliphatic carbocycles. The molecule has 0 aliphatic rings. The van der Waals surface area contributed by atoms with Gasteiger partial charge in [-0.25, -0.2) is 14.6 Å². The van der Waals surface area contributed by atoms with Crippen molar-refractivity contribution in [2.75, 3.05) is 23.9 Å². The van der Waals surface area contributed by atoms with E-state index in [0.29, 0.717) is 5.95 Å². The van der Waals surface area contributed by atoms with Gasteiger partial charge in [-0.3, -0.25) is 0 Å². The number of benzene rings is 1. The summed E-state index contributed by atoms with van der Waals surface area (Å²) < 4.78 is 1.85. The molecular weight excluding hydrogens is 306 g/mol. The van der Waals surface area contributed by atoms with Crippen molar-refractivity contribution >= 4 is 17.7 Å². The number of hydrogen-bond acceptors (Lipinski definition) is 5. The highest BCUT2D eigenvalue weighted by atomic mass is 32.2. The fourth-order valence-corrected chi connectivity index (χ4v) is 2.63. The highest BCUT2D eigenvalue weighted by molar-refractivity contribution is 7.98. The van der Waals surface area contributed by atoms with Crippen LogP contribution in [0, 0.1) is 0 Å². The van der Waals surface area contributed by atoms with Crippen molar-refractivity contribution < 1.29 is 0 Å². The van der Waals surface area contributed by atoms with Crippen molar-refractivity contribution in [1.82, 2.24) is 19.7 Å². The lowest BCUT2D eigenvalue weighted by molar-refractivity contribution is 0.880. The third kappa shape index (κ3) is 4.10. The molecule has 3 aromatic rings. The van der Waals surface area contributed by atoms with Crippen molar-refractivity contribution in [2.45, 2.75) is 6.42 Å². The second kappa shape index (κ2) is 7.78. The van der Waals surface area contributed by atoms with Crippen LogP contribution in [0.1, 0.15) is 6.42 Å². The third-order valence-corrected chi connectivity index (χ3v) is 4.06. The van der Waals surface area contributed by atoms with Gasteiger partial charge in [0.1, 0.15) is 0 Å². The Balaban J connectivity index is 1.73. The maximum atomic E-state index is 4.57. The molecule has 0 amide bonds. The van der Waals surface area contributed by atoms with Crippen LogP contribution >= 0.6 is 11.8 Å². The number of rotatable bonds is 7. The molecule has 0 bridgehead atoms. The molecule has 0 fully saturated rings. The molecule has 5 nitrogen and oxygen atoms in total. The fourth-order valence-electron chi connectivity index (χ4n) is 2.20. The molecule has 0 atom stereocenters. The minimum atomic E-state index is 0.663. The monoisotopic (exact) mass is 325 g/mol. The van der Waals surface area contributed by atoms with Gasteiger partial charge in [0.25, 0.3) is 0 Å². The Labute approximate surface area is 140 Å². The third-order valence-electron chi connectivity index (χ3n) is 3.36. The van der Waals surface area contributed by atoms with Gasteiger partial charge in [-0.05, 0) is 36.6 Å². The summed E-state index contributed by atoms with van der Waals surface area (Å²) in [4.78, 5) is 8.84. The van der Waals surface area contributed by atoms with E-state index in [0.717, 1.165) is 35.7 Å². The predicted molar refractivity (Wildman–Crippen MR) is 96.1 cm³/mol. The van der Waals surface area contributed by atoms with Gasteiger partial charge < -0.3 is 5.32 Å². The molecule has 1 aromatic carbocycles. The van der Waals surface area contributed by atoms with Crippen LogP contribution < -0.4 is 5.32 Å². The summed E-state index contributed by atoms with van der Waals surface area (Å²) in [7, 11) is 0. The van der Waals surface area contributed by atoms with Gasteiger partial charge in [-0.15, -0.1) is 0 Å². The van der Waals surface area contributed by atoms with Crippen LogP contribution in [0.2, 0.25) is 0 Å². The second-order valence-corrected chi connectivity index (χ2v) is 6.03. The highest BCUT2D eigenvalue weighted by Crippen LogP contribution is 2.18. The van der Waals surface area contributed by atoms with Crippen molar-refractivity contribution in [2.24, 2.45) is 0 Å². The molecular formula is C17H19N5S. The standard InChI is InChI=1S/C17H19N5S/c1-23-11-5-9-18-17-19-10-8-16(21-17)14-12-20-22(13-14)15-6-3-2-4-7-15/h2-4,6-8,10,12-13H,5,9,11H2,1H3,(H,18,19,21). The number of para-hydroxylation sites is 1. The van der Waals surface area contributed by atoms with Gasteiger partial charge in [0.2, 0.25) is 5.95 Å². The lowest BCUT2D eigenvalue weighted by atomic mass is 10.2. The Morgan fingerprint density at radius 2 is 2.04 bits per heavy atom. The maximum absolute atomic E-state index is 4.57. The Hall–Kier alpha value is -2.34. The van der Waals surface area contributed by atoms with E-state index in [9.17, 15) is 0 Å². The number of nitrogens with one attached hydrogen (secondary N) is 1. The average molecular weight is 325 g/mol. The van der Waals surface area contributed by atoms with Crippen LogP contribution in [0.4, 0.5) is 5.95 Å². The van der Waals surface area contributed by atoms with Gasteiger partial charge >= 0.3 is 0 Å². The molecule has 3 rings (SSSR count). The minimum absolute atomic E-state index is 0.663. The van der Waals surface area contributed by atoms with E-state index >= 15 is 0 Å². The zero-order valence-electron chi connectivity index (χ0n) is 13.0. The zero-order valence-corrected chi connectivity index (χ0v) is 13.8. The van der Waals surface area contributed by atoms with Gasteiger partial charge in [-0.1, -0.05) is 18.2 Å². The van der Waals surface area contributed by atoms with Gasteiger partial charge in [0.05, 0.1) is 17.6 Å². The van der Waals surface area contributed by atoms with Crippen LogP contribution in [-0.4, -0.2) is 38.3 Å². The molecule has 0 radical (unpaired) electrons. The van der Waals surface area contributed by atoms with E-state index in [2.05, 4.69) is 26.6 Å². The number of thioether (sulfide) groups is 1. The summed E-state index contributed by atoms with van der Waals surface area (Å²) in [6.07, 6.45) is 8.79. The van der Waals surface area contributed by atoms with E-state index < -0.39 is 0 Å². The van der Waals surface area contributed by atoms with Crippen molar-refractivity contribution in [1.29, 1.82) is 0 Å². The first-order valence-corrected chi connectivity index (χ1v) is 8.92. The predicted octanol–water partition coefficient (Wildman–Crippen LogP) is 3.49. The number of hydrogen-bond donors (Lipinski definition) is 1. The number of anilines is 1. The largest absolute Gasteiger partial charge is 0.354 e. The van der Waals surface area contributed by atoms with Gasteiger partial charge in [0, 0.05) is 24.5 Å². The molecule has 0 saturated heterocycles. The molecule has 0 unspecified atom stereocenters. The lowest BCUT2D eigenvalue weighted by Gasteiger charge is -2.05. The van der Waals surface area contributed by atoms with E-state index in [4.69, 9.17) is 0 Å². The quantitative estimate of drug-likeness (QED) is 0.674. The van der Waals surface area contributed by atoms with E-state index in [1.54, 1.807) is 6.20 Å². The molecule has 1 N–H and O–H groups in total. The maximum Gasteiger partial charge on any atom is 0.223 e. The molecule has 6 heteroatoms. The lowest BCUT2D eigenvalue weighted by Crippen LogP contribution is -2.06. The Bertz CT molecular complexity index is 742. The molecule has 0 aliphatic heterocycles. The van der Waals surface area contributed by atoms with Crippen LogP contribution in [0.15, 0.2) is 55.0 Å². The average Bonchev–Trinajstić information content (AvgIpc) is 3.10. The molecule has 0 saturated carbocycles. The van der Waals surface area contributed by atoms with Gasteiger partial charge in [-0.2, -0.15) is 16.9 Å². The molecule has 23 heavy (non-hydrogen) atoms. The van der Waals surface area contributed by atoms with Crippen molar-refractivity contribution in [3.05, 3.63) is 55.0 Å². The van der Waals surface area contributed by atoms with Crippen LogP contribution in [0.5, 0.6) is 0 Å². The van der Waals surface area contributed by atoms with Gasteiger partial charge in [0.15, 0.2) is 0 Å². The Morgan fingerprint density at radius 3 is 2.87 bits per heavy atom. The van der Waals surface area contributed by atoms with E-state index in [1.807, 2.05) is 65.2 Å². The smallest absolute Gasteiger partial charge is 0.223 e. The first kappa shape index (κ1) is 15.6. The minimum Gasteiger partial charge on any atom is -0.354 e. The van der Waals surface area contributed by atoms with Crippen molar-refractivity contribution in [3.63, 3.8) is 0 Å². The van der Waals surface area contributed by atoms with E-state index in [1.165, 1.54) is 0 Å². The zero-order chi connectivity index (χ0) is 15.9. The Kier molecular flexibility index (Phi) is 5.26. The van der Waals surface area contributed by atoms with Crippen LogP contribution in [-0.2, 0) is 0 Å². The second-order valence-electron chi connectivity index (χ2n) is 5.05. The normalized spacial score (nSPS) is 10.7. The number of aromatic nitrogens is 4. The molecule has 2 heterocycles. The molecule has 118 valence electrons. The SMILES string of the molecule is CSCCCNc1nccc(-c2cnn(-c3ccccc3)c2)n1. The van der Waals surface area contributed by atoms with Crippen LogP contribution in [0.25, 0.3) is 16.9 Å². The van der Waals surface area contributed by atoms with Crippen molar-refractivity contribution in [3.8, 4) is 16.9 Å². The highest BCUT2D eigenvalue weighted by Gasteiger charge is 2.06. The summed E-state index contributed by atoms with van der Waals surface area (Å²) in [6.45, 7) is 0.883. The summed E-state index contributed by atoms with van der Waals surface area (Å²) in [5, 5.41) is 7.68. The Morgan fingerprint density at radius 1 is 1.17 bits per heavy atom.